The largest absolute Gasteiger partial charge is 0.229 e. The third kappa shape index (κ3) is 2.51. The van der Waals surface area contributed by atoms with E-state index in [2.05, 4.69) is 56.0 Å². The lowest BCUT2D eigenvalue weighted by molar-refractivity contribution is -0.414. The van der Waals surface area contributed by atoms with E-state index in [0.29, 0.717) is 0 Å². The minimum atomic E-state index is 0.961. The Labute approximate surface area is 86.7 Å². The van der Waals surface area contributed by atoms with E-state index in [1.807, 2.05) is 23.9 Å². The van der Waals surface area contributed by atoms with Gasteiger partial charge < -0.3 is 0 Å². The Hall–Kier alpha value is 0.320. The third-order valence-electron chi connectivity index (χ3n) is 0.901. The molecule has 0 aromatic heterocycles. The van der Waals surface area contributed by atoms with Gasteiger partial charge in [0.05, 0.1) is 6.08 Å². The molecule has 0 unspecified atom stereocenters. The first kappa shape index (κ1) is 8.42. The predicted molar refractivity (Wildman–Crippen MR) is 59.3 cm³/mol. The highest BCUT2D eigenvalue weighted by molar-refractivity contribution is 14.1. The van der Waals surface area contributed by atoms with Crippen molar-refractivity contribution in [3.63, 3.8) is 0 Å². The van der Waals surface area contributed by atoms with E-state index >= 15 is 0 Å². The zero-order valence-corrected chi connectivity index (χ0v) is 9.62. The van der Waals surface area contributed by atoms with Crippen LogP contribution in [0.5, 0.6) is 0 Å². The van der Waals surface area contributed by atoms with Crippen LogP contribution in [-0.2, 0) is 0 Å². The quantitative estimate of drug-likeness (QED) is 0.357. The number of halogens is 2. The molecule has 0 aromatic rings. The van der Waals surface area contributed by atoms with Crippen molar-refractivity contribution in [3.05, 3.63) is 16.0 Å². The maximum atomic E-state index is 4.22. The Kier molecular flexibility index (Phi) is 3.06. The minimum Gasteiger partial charge on any atom is -0.229 e. The van der Waals surface area contributed by atoms with Crippen LogP contribution in [0.4, 0.5) is 0 Å². The molecule has 1 rings (SSSR count). The van der Waals surface area contributed by atoms with Crippen LogP contribution in [0.3, 0.4) is 0 Å². The van der Waals surface area contributed by atoms with Crippen LogP contribution in [0.15, 0.2) is 21.0 Å². The zero-order chi connectivity index (χ0) is 7.56. The number of allylic oxidation sites excluding steroid dienone is 1. The van der Waals surface area contributed by atoms with Crippen LogP contribution >= 0.6 is 45.2 Å². The van der Waals surface area contributed by atoms with E-state index in [-0.39, 0.29) is 0 Å². The summed E-state index contributed by atoms with van der Waals surface area (Å²) in [5, 5.41) is 0. The Morgan fingerprint density at radius 1 is 1.60 bits per heavy atom. The normalized spacial score (nSPS) is 17.3. The summed E-state index contributed by atoms with van der Waals surface area (Å²) in [6.07, 6.45) is 3.77. The average molecular weight is 359 g/mol. The van der Waals surface area contributed by atoms with Crippen LogP contribution in [0, 0.1) is 0 Å². The third-order valence-corrected chi connectivity index (χ3v) is 1.97. The van der Waals surface area contributed by atoms with Crippen LogP contribution in [0.25, 0.3) is 0 Å². The second-order valence-corrected chi connectivity index (χ2v) is 3.98. The van der Waals surface area contributed by atoms with Crippen molar-refractivity contribution in [3.8, 4) is 0 Å². The monoisotopic (exact) mass is 359 g/mol. The molecule has 0 N–H and O–H groups in total. The summed E-state index contributed by atoms with van der Waals surface area (Å²) in [5.41, 5.74) is 0. The topological polar surface area (TPSA) is 15.4 Å². The summed E-state index contributed by atoms with van der Waals surface area (Å²) >= 11 is 4.35. The fourth-order valence-corrected chi connectivity index (χ4v) is 2.05. The summed E-state index contributed by atoms with van der Waals surface area (Å²) in [4.78, 5) is 4.22. The Bertz CT molecular complexity index is 269. The summed E-state index contributed by atoms with van der Waals surface area (Å²) in [7, 11) is 1.93. The van der Waals surface area contributed by atoms with E-state index in [4.69, 9.17) is 0 Å². The number of rotatable bonds is 0. The predicted octanol–water partition coefficient (Wildman–Crippen LogP) is 1.94. The standard InChI is InChI=1S/C6H5I2N2/c1-10-3-2-5(7)9-6(8)4-10/h2,4H,1H3/q+1. The molecule has 0 aromatic carbocycles. The van der Waals surface area contributed by atoms with Gasteiger partial charge in [0.2, 0.25) is 6.20 Å². The van der Waals surface area contributed by atoms with Crippen molar-refractivity contribution in [2.24, 2.45) is 4.99 Å². The summed E-state index contributed by atoms with van der Waals surface area (Å²) in [6, 6.07) is 0. The fourth-order valence-electron chi connectivity index (χ4n) is 0.515. The Balaban J connectivity index is 3.10. The second-order valence-electron chi connectivity index (χ2n) is 1.77. The molecule has 0 fully saturated rings. The first-order valence-electron chi connectivity index (χ1n) is 2.62. The number of aliphatic imine (C=N–C) groups is 1. The maximum absolute atomic E-state index is 4.22. The van der Waals surface area contributed by atoms with Gasteiger partial charge in [-0.2, -0.15) is 4.58 Å². The van der Waals surface area contributed by atoms with Gasteiger partial charge in [-0.25, -0.2) is 4.99 Å². The van der Waals surface area contributed by atoms with Gasteiger partial charge in [-0.05, 0) is 45.2 Å². The molecular formula is C6H5I2N2+. The average Bonchev–Trinajstić information content (AvgIpc) is 1.93. The molecular weight excluding hydrogens is 354 g/mol. The van der Waals surface area contributed by atoms with Crippen LogP contribution in [-0.4, -0.2) is 21.2 Å². The van der Waals surface area contributed by atoms with Crippen molar-refractivity contribution in [2.45, 2.75) is 0 Å². The van der Waals surface area contributed by atoms with Crippen molar-refractivity contribution >= 4 is 54.8 Å². The molecule has 1 heterocycles. The van der Waals surface area contributed by atoms with E-state index in [1.165, 1.54) is 0 Å². The molecule has 0 spiro atoms. The fraction of sp³-hybridized carbons (Fsp3) is 0.167. The first-order chi connectivity index (χ1) is 4.68. The molecule has 0 saturated carbocycles. The van der Waals surface area contributed by atoms with Crippen molar-refractivity contribution in [2.75, 3.05) is 7.05 Å². The molecule has 52 valence electrons. The van der Waals surface area contributed by atoms with Gasteiger partial charge in [0, 0.05) is 0 Å². The van der Waals surface area contributed by atoms with E-state index in [1.54, 1.807) is 0 Å². The van der Waals surface area contributed by atoms with Crippen LogP contribution < -0.4 is 0 Å². The Morgan fingerprint density at radius 2 is 2.30 bits per heavy atom. The van der Waals surface area contributed by atoms with Gasteiger partial charge >= 0.3 is 0 Å². The molecule has 10 heavy (non-hydrogen) atoms. The van der Waals surface area contributed by atoms with Crippen LogP contribution in [0.2, 0.25) is 0 Å². The van der Waals surface area contributed by atoms with Crippen molar-refractivity contribution < 1.29 is 4.58 Å². The molecule has 1 aliphatic rings. The van der Waals surface area contributed by atoms with Crippen molar-refractivity contribution in [1.82, 2.24) is 0 Å². The molecule has 0 aliphatic carbocycles. The number of hydrogen-bond acceptors (Lipinski definition) is 1. The molecule has 2 nitrogen and oxygen atoms in total. The molecule has 4 heteroatoms. The minimum absolute atomic E-state index is 0.961. The van der Waals surface area contributed by atoms with E-state index in [0.717, 1.165) is 7.42 Å². The molecule has 0 radical (unpaired) electrons. The zero-order valence-electron chi connectivity index (χ0n) is 5.31. The number of hydrogen-bond donors (Lipinski definition) is 0. The Morgan fingerprint density at radius 3 is 3.00 bits per heavy atom. The lowest BCUT2D eigenvalue weighted by Gasteiger charge is -1.82. The highest BCUT2D eigenvalue weighted by atomic mass is 127. The molecule has 0 atom stereocenters. The van der Waals surface area contributed by atoms with Gasteiger partial charge in [0.25, 0.3) is 0 Å². The summed E-state index contributed by atoms with van der Waals surface area (Å²) in [6.45, 7) is 0. The SMILES string of the molecule is C[N+]1=C=CC(I)=NC(I)=C1. The second kappa shape index (κ2) is 3.64. The first-order valence-corrected chi connectivity index (χ1v) is 4.78. The van der Waals surface area contributed by atoms with Gasteiger partial charge in [0.1, 0.15) is 10.8 Å². The number of nitrogens with zero attached hydrogens (tertiary/aromatic N) is 2. The highest BCUT2D eigenvalue weighted by Crippen LogP contribution is 2.10. The summed E-state index contributed by atoms with van der Waals surface area (Å²) < 4.78 is 3.80. The lowest BCUT2D eigenvalue weighted by Crippen LogP contribution is -1.90. The van der Waals surface area contributed by atoms with Crippen LogP contribution in [0.1, 0.15) is 0 Å². The molecule has 1 aliphatic heterocycles. The van der Waals surface area contributed by atoms with Gasteiger partial charge in [0.15, 0.2) is 9.57 Å². The van der Waals surface area contributed by atoms with Gasteiger partial charge in [-0.15, -0.1) is 0 Å². The summed E-state index contributed by atoms with van der Waals surface area (Å²) in [5.74, 6) is 3.01. The van der Waals surface area contributed by atoms with Gasteiger partial charge in [-0.3, -0.25) is 0 Å². The molecule has 0 saturated heterocycles. The van der Waals surface area contributed by atoms with Crippen molar-refractivity contribution in [1.29, 1.82) is 0 Å². The van der Waals surface area contributed by atoms with Gasteiger partial charge in [-0.1, -0.05) is 0 Å². The van der Waals surface area contributed by atoms with E-state index in [9.17, 15) is 0 Å². The lowest BCUT2D eigenvalue weighted by atomic mass is 10.7. The molecule has 0 bridgehead atoms. The smallest absolute Gasteiger partial charge is 0.210 e. The highest BCUT2D eigenvalue weighted by Gasteiger charge is 1.99. The molecule has 0 amide bonds. The maximum Gasteiger partial charge on any atom is 0.210 e. The van der Waals surface area contributed by atoms with E-state index < -0.39 is 0 Å².